The lowest BCUT2D eigenvalue weighted by Crippen LogP contribution is -2.46. The second-order valence-electron chi connectivity index (χ2n) is 13.0. The number of ether oxygens (including phenoxy) is 1. The number of aromatic nitrogens is 1. The maximum Gasteiger partial charge on any atom is 0.208 e. The van der Waals surface area contributed by atoms with Crippen LogP contribution in [0.4, 0.5) is 15.8 Å². The SMILES string of the molecule is C=C(/C(C)=N\C(F)=C/C)[C@H](Nc1cc(Cl)c2ncc(C#N)c(N[C@@H]3CCOCC3(C)C)c2c1)C1=CN(C2(C3CC3)CC2)NN1. The second-order valence-corrected chi connectivity index (χ2v) is 13.4. The number of aliphatic imine (C=N–C) groups is 1. The van der Waals surface area contributed by atoms with Crippen LogP contribution in [0.1, 0.15) is 65.4 Å². The summed E-state index contributed by atoms with van der Waals surface area (Å²) in [5, 5.41) is 20.6. The van der Waals surface area contributed by atoms with E-state index in [4.69, 9.17) is 16.3 Å². The molecule has 232 valence electrons. The molecule has 0 unspecified atom stereocenters. The molecule has 1 aromatic carbocycles. The van der Waals surface area contributed by atoms with Crippen LogP contribution in [0, 0.1) is 22.7 Å². The Morgan fingerprint density at radius 1 is 1.34 bits per heavy atom. The first-order chi connectivity index (χ1) is 21.1. The molecule has 0 amide bonds. The molecule has 6 rings (SSSR count). The summed E-state index contributed by atoms with van der Waals surface area (Å²) < 4.78 is 20.0. The molecule has 0 spiro atoms. The smallest absolute Gasteiger partial charge is 0.208 e. The van der Waals surface area contributed by atoms with Gasteiger partial charge in [-0.05, 0) is 75.7 Å². The molecule has 0 bridgehead atoms. The highest BCUT2D eigenvalue weighted by atomic mass is 35.5. The first-order valence-electron chi connectivity index (χ1n) is 15.3. The van der Waals surface area contributed by atoms with Gasteiger partial charge in [-0.1, -0.05) is 32.0 Å². The van der Waals surface area contributed by atoms with Crippen LogP contribution in [-0.4, -0.2) is 46.5 Å². The molecular weight excluding hydrogens is 579 g/mol. The van der Waals surface area contributed by atoms with E-state index in [-0.39, 0.29) is 17.0 Å². The third-order valence-corrected chi connectivity index (χ3v) is 9.74. The maximum atomic E-state index is 14.2. The zero-order valence-corrected chi connectivity index (χ0v) is 26.5. The van der Waals surface area contributed by atoms with Crippen LogP contribution < -0.4 is 21.6 Å². The van der Waals surface area contributed by atoms with E-state index in [1.54, 1.807) is 20.0 Å². The summed E-state index contributed by atoms with van der Waals surface area (Å²) in [6.07, 6.45) is 10.6. The number of nitriles is 1. The van der Waals surface area contributed by atoms with Crippen molar-refractivity contribution in [2.75, 3.05) is 23.8 Å². The molecule has 44 heavy (non-hydrogen) atoms. The van der Waals surface area contributed by atoms with E-state index in [1.807, 2.05) is 12.1 Å². The van der Waals surface area contributed by atoms with E-state index in [1.165, 1.54) is 18.9 Å². The molecule has 9 nitrogen and oxygen atoms in total. The van der Waals surface area contributed by atoms with Crippen molar-refractivity contribution in [2.45, 2.75) is 77.4 Å². The quantitative estimate of drug-likeness (QED) is 0.172. The molecule has 2 atom stereocenters. The summed E-state index contributed by atoms with van der Waals surface area (Å²) in [6, 6.07) is 5.68. The summed E-state index contributed by atoms with van der Waals surface area (Å²) in [7, 11) is 0. The standard InChI is InChI=1S/C33H40ClFN8O/c1-6-28(35)38-20(3)19(2)29(26-17-43(42-41-26)33(10-11-33)22-7-8-22)39-23-13-24-30(40-27-9-12-44-18-32(27,4)5)21(15-36)16-37-31(24)25(34)14-23/h6,13-14,16-17,22,27,29,39,41-42H,2,7-12,18H2,1,3-5H3,(H,37,40)/b28-6-,38-20-/t27-,29+/m1/s1. The molecule has 1 aromatic heterocycles. The predicted octanol–water partition coefficient (Wildman–Crippen LogP) is 6.72. The van der Waals surface area contributed by atoms with Crippen molar-refractivity contribution in [1.29, 1.82) is 5.26 Å². The lowest BCUT2D eigenvalue weighted by Gasteiger charge is -2.39. The Morgan fingerprint density at radius 2 is 2.11 bits per heavy atom. The normalized spacial score (nSPS) is 23.4. The number of nitrogens with one attached hydrogen (secondary N) is 4. The molecule has 0 radical (unpaired) electrons. The highest BCUT2D eigenvalue weighted by Gasteiger charge is 2.58. The number of hydrogen-bond donors (Lipinski definition) is 4. The number of benzene rings is 1. The molecule has 4 N–H and O–H groups in total. The van der Waals surface area contributed by atoms with Crippen molar-refractivity contribution in [3.63, 3.8) is 0 Å². The minimum absolute atomic E-state index is 0.0864. The molecule has 4 aliphatic rings. The first-order valence-corrected chi connectivity index (χ1v) is 15.7. The van der Waals surface area contributed by atoms with Crippen molar-refractivity contribution in [1.82, 2.24) is 21.0 Å². The van der Waals surface area contributed by atoms with Gasteiger partial charge in [-0.3, -0.25) is 9.99 Å². The van der Waals surface area contributed by atoms with Gasteiger partial charge in [0.25, 0.3) is 0 Å². The van der Waals surface area contributed by atoms with Gasteiger partial charge < -0.3 is 20.8 Å². The Hall–Kier alpha value is -3.65. The number of anilines is 2. The monoisotopic (exact) mass is 618 g/mol. The predicted molar refractivity (Wildman–Crippen MR) is 174 cm³/mol. The number of pyridine rings is 1. The Bertz CT molecular complexity index is 1620. The third-order valence-electron chi connectivity index (χ3n) is 9.45. The average molecular weight is 619 g/mol. The van der Waals surface area contributed by atoms with E-state index in [2.05, 4.69) is 69.3 Å². The lowest BCUT2D eigenvalue weighted by molar-refractivity contribution is 0.00350. The van der Waals surface area contributed by atoms with Gasteiger partial charge in [-0.15, -0.1) is 5.53 Å². The second kappa shape index (κ2) is 11.7. The number of nitrogens with zero attached hydrogens (tertiary/aromatic N) is 4. The molecule has 3 heterocycles. The van der Waals surface area contributed by atoms with Crippen LogP contribution in [0.25, 0.3) is 10.9 Å². The number of rotatable bonds is 10. The lowest BCUT2D eigenvalue weighted by atomic mass is 9.81. The van der Waals surface area contributed by atoms with Crippen LogP contribution >= 0.6 is 11.6 Å². The molecule has 2 aliphatic heterocycles. The molecule has 2 saturated carbocycles. The van der Waals surface area contributed by atoms with E-state index in [0.717, 1.165) is 30.3 Å². The Labute approximate surface area is 263 Å². The van der Waals surface area contributed by atoms with Crippen LogP contribution in [0.15, 0.2) is 59.4 Å². The van der Waals surface area contributed by atoms with Gasteiger partial charge in [-0.2, -0.15) is 9.65 Å². The van der Waals surface area contributed by atoms with Gasteiger partial charge in [0.1, 0.15) is 6.07 Å². The maximum absolute atomic E-state index is 14.2. The minimum Gasteiger partial charge on any atom is -0.381 e. The van der Waals surface area contributed by atoms with Crippen molar-refractivity contribution < 1.29 is 9.13 Å². The van der Waals surface area contributed by atoms with Gasteiger partial charge in [0.15, 0.2) is 0 Å². The number of halogens is 2. The van der Waals surface area contributed by atoms with Gasteiger partial charge in [0.05, 0.1) is 45.7 Å². The van der Waals surface area contributed by atoms with Gasteiger partial charge in [0.2, 0.25) is 5.95 Å². The zero-order valence-electron chi connectivity index (χ0n) is 25.7. The number of allylic oxidation sites excluding steroid dienone is 1. The van der Waals surface area contributed by atoms with Crippen LogP contribution in [0.5, 0.6) is 0 Å². The van der Waals surface area contributed by atoms with E-state index in [9.17, 15) is 9.65 Å². The third kappa shape index (κ3) is 5.76. The fraction of sp³-hybridized carbons (Fsp3) is 0.485. The summed E-state index contributed by atoms with van der Waals surface area (Å²) in [5.74, 6) is 0.124. The van der Waals surface area contributed by atoms with Crippen LogP contribution in [-0.2, 0) is 4.74 Å². The van der Waals surface area contributed by atoms with E-state index in [0.29, 0.717) is 57.9 Å². The van der Waals surface area contributed by atoms with Crippen molar-refractivity contribution in [3.8, 4) is 6.07 Å². The Balaban J connectivity index is 1.38. The van der Waals surface area contributed by atoms with Gasteiger partial charge in [0, 0.05) is 47.2 Å². The van der Waals surface area contributed by atoms with E-state index < -0.39 is 12.0 Å². The number of fused-ring (bicyclic) bond motifs is 1. The summed E-state index contributed by atoms with van der Waals surface area (Å²) >= 11 is 6.85. The fourth-order valence-electron chi connectivity index (χ4n) is 6.39. The van der Waals surface area contributed by atoms with Crippen molar-refractivity contribution >= 4 is 39.6 Å². The Morgan fingerprint density at radius 3 is 2.77 bits per heavy atom. The van der Waals surface area contributed by atoms with Crippen molar-refractivity contribution in [3.05, 3.63) is 65.0 Å². The largest absolute Gasteiger partial charge is 0.381 e. The first kappa shape index (κ1) is 30.4. The van der Waals surface area contributed by atoms with Crippen LogP contribution in [0.2, 0.25) is 5.02 Å². The molecule has 11 heteroatoms. The zero-order chi connectivity index (χ0) is 31.2. The van der Waals surface area contributed by atoms with Gasteiger partial charge >= 0.3 is 0 Å². The highest BCUT2D eigenvalue weighted by Crippen LogP contribution is 2.57. The fourth-order valence-corrected chi connectivity index (χ4v) is 6.66. The van der Waals surface area contributed by atoms with Crippen molar-refractivity contribution in [2.24, 2.45) is 16.3 Å². The topological polar surface area (TPSA) is 110 Å². The molecular formula is C33H40ClFN8O. The average Bonchev–Trinajstić information content (AvgIpc) is 3.94. The minimum atomic E-state index is -0.572. The van der Waals surface area contributed by atoms with Crippen LogP contribution in [0.3, 0.4) is 0 Å². The summed E-state index contributed by atoms with van der Waals surface area (Å²) in [4.78, 5) is 8.66. The van der Waals surface area contributed by atoms with E-state index >= 15 is 0 Å². The summed E-state index contributed by atoms with van der Waals surface area (Å²) in [5.41, 5.74) is 11.0. The molecule has 1 saturated heterocycles. The Kier molecular flexibility index (Phi) is 8.07. The highest BCUT2D eigenvalue weighted by molar-refractivity contribution is 6.35. The van der Waals surface area contributed by atoms with Gasteiger partial charge in [-0.25, -0.2) is 4.99 Å². The number of hydrogen-bond acceptors (Lipinski definition) is 9. The molecule has 2 aliphatic carbocycles. The molecule has 2 aromatic rings. The molecule has 3 fully saturated rings. The number of hydrazine groups is 2. The summed E-state index contributed by atoms with van der Waals surface area (Å²) in [6.45, 7) is 13.3.